The van der Waals surface area contributed by atoms with E-state index >= 15 is 0 Å². The Morgan fingerprint density at radius 2 is 1.96 bits per heavy atom. The van der Waals surface area contributed by atoms with Gasteiger partial charge in [0.15, 0.2) is 0 Å². The first kappa shape index (κ1) is 15.9. The Kier molecular flexibility index (Phi) is 4.41. The number of rotatable bonds is 4. The summed E-state index contributed by atoms with van der Waals surface area (Å²) in [6, 6.07) is 6.10. The lowest BCUT2D eigenvalue weighted by Crippen LogP contribution is -2.33. The van der Waals surface area contributed by atoms with Crippen LogP contribution in [0.5, 0.6) is 11.8 Å². The molecule has 0 aromatic carbocycles. The van der Waals surface area contributed by atoms with E-state index in [0.29, 0.717) is 31.3 Å². The van der Waals surface area contributed by atoms with Crippen LogP contribution in [0, 0.1) is 0 Å². The molecular formula is C15H17N5O4. The Morgan fingerprint density at radius 3 is 2.62 bits per heavy atom. The first-order valence-electron chi connectivity index (χ1n) is 7.45. The van der Waals surface area contributed by atoms with E-state index in [2.05, 4.69) is 15.3 Å². The van der Waals surface area contributed by atoms with Gasteiger partial charge in [0.1, 0.15) is 11.8 Å². The van der Waals surface area contributed by atoms with Gasteiger partial charge in [-0.2, -0.15) is 5.10 Å². The van der Waals surface area contributed by atoms with Crippen molar-refractivity contribution in [3.63, 3.8) is 0 Å². The summed E-state index contributed by atoms with van der Waals surface area (Å²) in [7, 11) is 3.02. The van der Waals surface area contributed by atoms with Gasteiger partial charge >= 0.3 is 0 Å². The molecule has 0 radical (unpaired) electrons. The van der Waals surface area contributed by atoms with Crippen molar-refractivity contribution >= 4 is 5.91 Å². The number of ether oxygens (including phenoxy) is 2. The van der Waals surface area contributed by atoms with Gasteiger partial charge in [-0.25, -0.2) is 4.68 Å². The maximum Gasteiger partial charge on any atom is 0.274 e. The fraction of sp³-hybridized carbons (Fsp3) is 0.400. The molecular weight excluding hydrogens is 314 g/mol. The molecule has 1 aliphatic rings. The predicted octanol–water partition coefficient (Wildman–Crippen LogP) is -0.128. The second-order valence-electron chi connectivity index (χ2n) is 5.37. The molecule has 0 N–H and O–H groups in total. The monoisotopic (exact) mass is 331 g/mol. The first-order valence-corrected chi connectivity index (χ1v) is 7.45. The summed E-state index contributed by atoms with van der Waals surface area (Å²) in [6.45, 7) is 0.981. The zero-order valence-corrected chi connectivity index (χ0v) is 13.4. The zero-order valence-electron chi connectivity index (χ0n) is 13.4. The van der Waals surface area contributed by atoms with Gasteiger partial charge < -0.3 is 14.4 Å². The standard InChI is InChI=1S/C15H17N5O4/c1-19-14(21)6-3-11(18-19)15(22)20-8-7-10(9-20)24-13-5-4-12(23-2)16-17-13/h3-6,10H,7-9H2,1-2H3. The van der Waals surface area contributed by atoms with Crippen molar-refractivity contribution in [2.75, 3.05) is 20.2 Å². The van der Waals surface area contributed by atoms with Crippen molar-refractivity contribution < 1.29 is 14.3 Å². The van der Waals surface area contributed by atoms with Crippen molar-refractivity contribution in [3.8, 4) is 11.8 Å². The number of aromatic nitrogens is 4. The molecule has 1 fully saturated rings. The number of likely N-dealkylation sites (tertiary alicyclic amines) is 1. The van der Waals surface area contributed by atoms with E-state index < -0.39 is 0 Å². The van der Waals surface area contributed by atoms with Crippen molar-refractivity contribution in [3.05, 3.63) is 40.3 Å². The maximum atomic E-state index is 12.4. The Morgan fingerprint density at radius 1 is 1.21 bits per heavy atom. The van der Waals surface area contributed by atoms with Gasteiger partial charge in [-0.05, 0) is 6.07 Å². The van der Waals surface area contributed by atoms with E-state index in [9.17, 15) is 9.59 Å². The fourth-order valence-corrected chi connectivity index (χ4v) is 2.44. The topological polar surface area (TPSA) is 99.4 Å². The third-order valence-corrected chi connectivity index (χ3v) is 3.72. The van der Waals surface area contributed by atoms with E-state index in [1.807, 2.05) is 0 Å². The SMILES string of the molecule is COc1ccc(OC2CCN(C(=O)c3ccc(=O)n(C)n3)C2)nn1. The van der Waals surface area contributed by atoms with E-state index in [0.717, 1.165) is 4.68 Å². The first-order chi connectivity index (χ1) is 11.6. The molecule has 2 aromatic rings. The highest BCUT2D eigenvalue weighted by Gasteiger charge is 2.29. The number of carbonyl (C=O) groups is 1. The molecule has 2 aromatic heterocycles. The normalized spacial score (nSPS) is 16.9. The predicted molar refractivity (Wildman–Crippen MR) is 83.0 cm³/mol. The molecule has 126 valence electrons. The average molecular weight is 331 g/mol. The molecule has 0 aliphatic carbocycles. The number of amides is 1. The van der Waals surface area contributed by atoms with Gasteiger partial charge in [-0.3, -0.25) is 9.59 Å². The van der Waals surface area contributed by atoms with E-state index in [4.69, 9.17) is 9.47 Å². The molecule has 1 saturated heterocycles. The highest BCUT2D eigenvalue weighted by molar-refractivity contribution is 5.92. The lowest BCUT2D eigenvalue weighted by Gasteiger charge is -2.16. The summed E-state index contributed by atoms with van der Waals surface area (Å²) in [5.74, 6) is 0.569. The molecule has 24 heavy (non-hydrogen) atoms. The quantitative estimate of drug-likeness (QED) is 0.769. The van der Waals surface area contributed by atoms with Crippen LogP contribution in [0.1, 0.15) is 16.9 Å². The van der Waals surface area contributed by atoms with Crippen LogP contribution in [0.2, 0.25) is 0 Å². The number of nitrogens with zero attached hydrogens (tertiary/aromatic N) is 5. The lowest BCUT2D eigenvalue weighted by molar-refractivity contribution is 0.0762. The van der Waals surface area contributed by atoms with Crippen LogP contribution in [-0.4, -0.2) is 57.1 Å². The van der Waals surface area contributed by atoms with Gasteiger partial charge in [-0.1, -0.05) is 0 Å². The number of aryl methyl sites for hydroxylation is 1. The van der Waals surface area contributed by atoms with Crippen LogP contribution in [0.4, 0.5) is 0 Å². The van der Waals surface area contributed by atoms with Crippen LogP contribution >= 0.6 is 0 Å². The Labute approximate surface area is 137 Å². The molecule has 3 rings (SSSR count). The summed E-state index contributed by atoms with van der Waals surface area (Å²) in [5, 5.41) is 11.7. The molecule has 1 atom stereocenters. The molecule has 0 saturated carbocycles. The fourth-order valence-electron chi connectivity index (χ4n) is 2.44. The maximum absolute atomic E-state index is 12.4. The van der Waals surface area contributed by atoms with Crippen LogP contribution in [0.25, 0.3) is 0 Å². The van der Waals surface area contributed by atoms with Gasteiger partial charge in [0.25, 0.3) is 11.5 Å². The highest BCUT2D eigenvalue weighted by Crippen LogP contribution is 2.18. The lowest BCUT2D eigenvalue weighted by atomic mass is 10.3. The van der Waals surface area contributed by atoms with Gasteiger partial charge in [0, 0.05) is 38.2 Å². The zero-order chi connectivity index (χ0) is 17.1. The average Bonchev–Trinajstić information content (AvgIpc) is 3.06. The molecule has 9 heteroatoms. The second kappa shape index (κ2) is 6.65. The van der Waals surface area contributed by atoms with Crippen molar-refractivity contribution in [2.24, 2.45) is 7.05 Å². The minimum Gasteiger partial charge on any atom is -0.480 e. The van der Waals surface area contributed by atoms with Crippen molar-refractivity contribution in [2.45, 2.75) is 12.5 Å². The molecule has 0 bridgehead atoms. The second-order valence-corrected chi connectivity index (χ2v) is 5.37. The minimum absolute atomic E-state index is 0.163. The molecule has 0 spiro atoms. The molecule has 1 amide bonds. The summed E-state index contributed by atoms with van der Waals surface area (Å²) >= 11 is 0. The third kappa shape index (κ3) is 3.34. The number of methoxy groups -OCH3 is 1. The van der Waals surface area contributed by atoms with E-state index in [1.165, 1.54) is 26.3 Å². The summed E-state index contributed by atoms with van der Waals surface area (Å²) in [5.41, 5.74) is -0.0192. The number of hydrogen-bond acceptors (Lipinski definition) is 7. The van der Waals surface area contributed by atoms with E-state index in [-0.39, 0.29) is 23.3 Å². The number of hydrogen-bond donors (Lipinski definition) is 0. The van der Waals surface area contributed by atoms with Crippen LogP contribution in [0.3, 0.4) is 0 Å². The van der Waals surface area contributed by atoms with Crippen molar-refractivity contribution in [1.82, 2.24) is 24.9 Å². The van der Waals surface area contributed by atoms with Gasteiger partial charge in [0.2, 0.25) is 11.8 Å². The smallest absolute Gasteiger partial charge is 0.274 e. The van der Waals surface area contributed by atoms with Crippen LogP contribution in [0.15, 0.2) is 29.1 Å². The molecule has 9 nitrogen and oxygen atoms in total. The van der Waals surface area contributed by atoms with Crippen LogP contribution < -0.4 is 15.0 Å². The molecule has 1 unspecified atom stereocenters. The summed E-state index contributed by atoms with van der Waals surface area (Å²) < 4.78 is 11.8. The number of carbonyl (C=O) groups excluding carboxylic acids is 1. The Balaban J connectivity index is 1.62. The largest absolute Gasteiger partial charge is 0.480 e. The van der Waals surface area contributed by atoms with Crippen molar-refractivity contribution in [1.29, 1.82) is 0 Å². The molecule has 3 heterocycles. The Hall–Kier alpha value is -2.97. The van der Waals surface area contributed by atoms with Crippen LogP contribution in [-0.2, 0) is 7.05 Å². The summed E-state index contributed by atoms with van der Waals surface area (Å²) in [4.78, 5) is 25.4. The Bertz CT molecular complexity index is 789. The van der Waals surface area contributed by atoms with Gasteiger partial charge in [-0.15, -0.1) is 10.2 Å². The highest BCUT2D eigenvalue weighted by atomic mass is 16.5. The third-order valence-electron chi connectivity index (χ3n) is 3.72. The molecule has 1 aliphatic heterocycles. The van der Waals surface area contributed by atoms with E-state index in [1.54, 1.807) is 17.0 Å². The van der Waals surface area contributed by atoms with Gasteiger partial charge in [0.05, 0.1) is 13.7 Å². The minimum atomic E-state index is -0.257. The summed E-state index contributed by atoms with van der Waals surface area (Å²) in [6.07, 6.45) is 0.523.